The van der Waals surface area contributed by atoms with E-state index in [1.807, 2.05) is 13.8 Å². The number of rotatable bonds is 2. The van der Waals surface area contributed by atoms with Crippen LogP contribution in [-0.4, -0.2) is 13.2 Å². The van der Waals surface area contributed by atoms with Crippen molar-refractivity contribution in [1.82, 2.24) is 0 Å². The summed E-state index contributed by atoms with van der Waals surface area (Å²) < 4.78 is 13.3. The summed E-state index contributed by atoms with van der Waals surface area (Å²) in [6, 6.07) is 0. The van der Waals surface area contributed by atoms with Crippen LogP contribution in [0.4, 0.5) is 0 Å². The molecule has 0 fully saturated rings. The minimum Gasteiger partial charge on any atom is -0.598 e. The third-order valence-corrected chi connectivity index (χ3v) is 0.408. The Kier molecular flexibility index (Phi) is 14.2. The van der Waals surface area contributed by atoms with Crippen LogP contribution in [0.2, 0.25) is 0 Å². The molecular formula is C4H10O4P-. The van der Waals surface area contributed by atoms with Crippen LogP contribution in [0.25, 0.3) is 0 Å². The van der Waals surface area contributed by atoms with Gasteiger partial charge in [0.05, 0.1) is 0 Å². The predicted octanol–water partition coefficient (Wildman–Crippen LogP) is -0.593. The molecule has 56 valence electrons. The Balaban J connectivity index is 0. The average Bonchev–Trinajstić information content (AvgIpc) is 1.66. The maximum absolute atomic E-state index is 8.48. The summed E-state index contributed by atoms with van der Waals surface area (Å²) in [7, 11) is -3.37. The first kappa shape index (κ1) is 11.7. The lowest BCUT2D eigenvalue weighted by Crippen LogP contribution is -1.97. The monoisotopic (exact) mass is 153 g/mol. The largest absolute Gasteiger partial charge is 0.598 e. The van der Waals surface area contributed by atoms with Crippen molar-refractivity contribution in [3.63, 3.8) is 0 Å². The Bertz CT molecular complexity index is 59.6. The first-order valence-electron chi connectivity index (χ1n) is 2.54. The molecule has 0 aliphatic rings. The molecule has 0 radical (unpaired) electrons. The van der Waals surface area contributed by atoms with Crippen molar-refractivity contribution >= 4 is 8.25 Å². The van der Waals surface area contributed by atoms with Crippen molar-refractivity contribution in [2.45, 2.75) is 13.8 Å². The Morgan fingerprint density at radius 3 is 1.56 bits per heavy atom. The molecule has 0 heterocycles. The molecule has 0 aromatic rings. The average molecular weight is 153 g/mol. The molecule has 0 atom stereocenters. The van der Waals surface area contributed by atoms with Gasteiger partial charge in [-0.3, -0.25) is 0 Å². The lowest BCUT2D eigenvalue weighted by molar-refractivity contribution is -0.297. The Morgan fingerprint density at radius 2 is 1.56 bits per heavy atom. The molecule has 9 heavy (non-hydrogen) atoms. The highest BCUT2D eigenvalue weighted by Crippen LogP contribution is 1.79. The fraction of sp³-hybridized carbons (Fsp3) is 1.00. The molecule has 0 unspecified atom stereocenters. The molecular weight excluding hydrogens is 143 g/mol. The normalized spacial score (nSPS) is 7.56. The summed E-state index contributed by atoms with van der Waals surface area (Å²) in [5.74, 6) is 0. The molecule has 0 aliphatic heterocycles. The summed E-state index contributed by atoms with van der Waals surface area (Å²) in [6.07, 6.45) is 0. The van der Waals surface area contributed by atoms with Crippen molar-refractivity contribution in [3.8, 4) is 0 Å². The SMILES string of the molecule is CCOCC.O=[P+]([O-])[O-]. The molecule has 0 rings (SSSR count). The highest BCUT2D eigenvalue weighted by Gasteiger charge is 1.64. The molecule has 4 nitrogen and oxygen atoms in total. The molecule has 0 aromatic carbocycles. The molecule has 5 heteroatoms. The van der Waals surface area contributed by atoms with Crippen molar-refractivity contribution in [1.29, 1.82) is 0 Å². The Hall–Kier alpha value is -0.0200. The smallest absolute Gasteiger partial charge is 0.276 e. The highest BCUT2D eigenvalue weighted by atomic mass is 31.1. The topological polar surface area (TPSA) is 72.4 Å². The standard InChI is InChI=1S/C4H10O.HO3P/c1-3-5-4-2;1-4(2)3/h3-4H2,1-2H3;(H,1,2,3)/p-1. The lowest BCUT2D eigenvalue weighted by Gasteiger charge is -1.86. The second-order valence-electron chi connectivity index (χ2n) is 1.01. The van der Waals surface area contributed by atoms with E-state index in [-0.39, 0.29) is 0 Å². The highest BCUT2D eigenvalue weighted by molar-refractivity contribution is 7.27. The van der Waals surface area contributed by atoms with Crippen molar-refractivity contribution in [2.24, 2.45) is 0 Å². The van der Waals surface area contributed by atoms with E-state index >= 15 is 0 Å². The summed E-state index contributed by atoms with van der Waals surface area (Å²) in [4.78, 5) is 17.0. The number of hydrogen-bond acceptors (Lipinski definition) is 4. The fourth-order valence-electron chi connectivity index (χ4n) is 0.204. The van der Waals surface area contributed by atoms with E-state index in [1.54, 1.807) is 0 Å². The van der Waals surface area contributed by atoms with Crippen molar-refractivity contribution < 1.29 is 19.1 Å². The maximum atomic E-state index is 8.48. The van der Waals surface area contributed by atoms with Crippen LogP contribution in [-0.2, 0) is 9.30 Å². The quantitative estimate of drug-likeness (QED) is 0.497. The Labute approximate surface area is 55.4 Å². The fourth-order valence-corrected chi connectivity index (χ4v) is 0.204. The van der Waals surface area contributed by atoms with Gasteiger partial charge in [0, 0.05) is 13.2 Å². The zero-order valence-corrected chi connectivity index (χ0v) is 6.39. The molecule has 0 spiro atoms. The summed E-state index contributed by atoms with van der Waals surface area (Å²) >= 11 is 0. The first-order valence-corrected chi connectivity index (χ1v) is 3.63. The van der Waals surface area contributed by atoms with Gasteiger partial charge in [0.2, 0.25) is 0 Å². The van der Waals surface area contributed by atoms with Crippen molar-refractivity contribution in [3.05, 3.63) is 0 Å². The molecule has 0 saturated carbocycles. The van der Waals surface area contributed by atoms with Gasteiger partial charge in [-0.1, -0.05) is 4.57 Å². The number of hydrogen-bond donors (Lipinski definition) is 0. The van der Waals surface area contributed by atoms with Gasteiger partial charge in [-0.25, -0.2) is 0 Å². The number of ether oxygens (including phenoxy) is 1. The van der Waals surface area contributed by atoms with Crippen LogP contribution < -0.4 is 9.79 Å². The second-order valence-corrected chi connectivity index (χ2v) is 1.45. The molecule has 0 aromatic heterocycles. The van der Waals surface area contributed by atoms with Crippen molar-refractivity contribution in [2.75, 3.05) is 13.2 Å². The lowest BCUT2D eigenvalue weighted by atomic mass is 10.8. The van der Waals surface area contributed by atoms with Crippen LogP contribution in [0.15, 0.2) is 0 Å². The zero-order chi connectivity index (χ0) is 7.70. The van der Waals surface area contributed by atoms with E-state index in [9.17, 15) is 0 Å². The van der Waals surface area contributed by atoms with E-state index < -0.39 is 8.25 Å². The third kappa shape index (κ3) is 72.8. The van der Waals surface area contributed by atoms with Crippen LogP contribution in [0.3, 0.4) is 0 Å². The molecule has 0 N–H and O–H groups in total. The first-order chi connectivity index (χ1) is 4.15. The van der Waals surface area contributed by atoms with Gasteiger partial charge in [-0.05, 0) is 13.8 Å². The van der Waals surface area contributed by atoms with Crippen LogP contribution in [0.5, 0.6) is 0 Å². The minimum atomic E-state index is -3.37. The van der Waals surface area contributed by atoms with E-state index in [1.165, 1.54) is 0 Å². The van der Waals surface area contributed by atoms with Gasteiger partial charge in [-0.15, -0.1) is 0 Å². The van der Waals surface area contributed by atoms with Gasteiger partial charge in [0.1, 0.15) is 0 Å². The van der Waals surface area contributed by atoms with E-state index in [0.717, 1.165) is 13.2 Å². The van der Waals surface area contributed by atoms with E-state index in [0.29, 0.717) is 0 Å². The van der Waals surface area contributed by atoms with E-state index in [2.05, 4.69) is 0 Å². The van der Waals surface area contributed by atoms with Gasteiger partial charge in [0.15, 0.2) is 0 Å². The predicted molar refractivity (Wildman–Crippen MR) is 29.8 cm³/mol. The molecule has 0 amide bonds. The van der Waals surface area contributed by atoms with Gasteiger partial charge < -0.3 is 14.5 Å². The molecule has 0 bridgehead atoms. The van der Waals surface area contributed by atoms with Gasteiger partial charge in [0.25, 0.3) is 8.25 Å². The van der Waals surface area contributed by atoms with Gasteiger partial charge >= 0.3 is 0 Å². The van der Waals surface area contributed by atoms with E-state index in [4.69, 9.17) is 19.1 Å². The maximum Gasteiger partial charge on any atom is 0.276 e. The molecule has 0 saturated heterocycles. The zero-order valence-electron chi connectivity index (χ0n) is 5.49. The van der Waals surface area contributed by atoms with Crippen LogP contribution in [0.1, 0.15) is 13.8 Å². The Morgan fingerprint density at radius 1 is 1.33 bits per heavy atom. The summed E-state index contributed by atoms with van der Waals surface area (Å²) in [6.45, 7) is 5.67. The second kappa shape index (κ2) is 10.9. The van der Waals surface area contributed by atoms with Crippen LogP contribution in [0, 0.1) is 0 Å². The summed E-state index contributed by atoms with van der Waals surface area (Å²) in [5, 5.41) is 0. The van der Waals surface area contributed by atoms with Gasteiger partial charge in [-0.2, -0.15) is 0 Å². The summed E-state index contributed by atoms with van der Waals surface area (Å²) in [5.41, 5.74) is 0. The third-order valence-electron chi connectivity index (χ3n) is 0.408. The minimum absolute atomic E-state index is 0.844. The van der Waals surface area contributed by atoms with Crippen LogP contribution >= 0.6 is 8.25 Å². The molecule has 0 aliphatic carbocycles.